The number of phenolic OH excluding ortho intramolecular Hbond substituents is 1. The molecule has 2 atom stereocenters. The lowest BCUT2D eigenvalue weighted by molar-refractivity contribution is -0.184. The number of hydrogen-bond donors (Lipinski definition) is 1. The number of alkyl halides is 3. The van der Waals surface area contributed by atoms with Gasteiger partial charge >= 0.3 is 12.1 Å². The maximum atomic E-state index is 12.5. The average molecular weight is 313 g/mol. The molecule has 1 aromatic rings. The number of ketones is 1. The molecule has 7 heteroatoms. The molecule has 2 fully saturated rings. The smallest absolute Gasteiger partial charge is 0.471 e. The van der Waals surface area contributed by atoms with Crippen LogP contribution in [0.1, 0.15) is 29.3 Å². The number of nitrogens with zero attached hydrogens (tertiary/aromatic N) is 1. The number of Topliss-reactive ketones (excluding diaryl/α,β-unsaturated/α-hetero) is 1. The number of fused-ring (bicyclic) bond motifs is 1. The summed E-state index contributed by atoms with van der Waals surface area (Å²) in [5, 5.41) is 9.66. The van der Waals surface area contributed by atoms with Crippen molar-refractivity contribution in [3.8, 4) is 5.75 Å². The minimum Gasteiger partial charge on any atom is -0.507 e. The van der Waals surface area contributed by atoms with Gasteiger partial charge in [-0.05, 0) is 37.0 Å². The maximum Gasteiger partial charge on any atom is 0.471 e. The minimum atomic E-state index is -4.86. The number of carbonyl (C=O) groups is 2. The van der Waals surface area contributed by atoms with Crippen LogP contribution in [0.5, 0.6) is 5.75 Å². The normalized spacial score (nSPS) is 26.7. The van der Waals surface area contributed by atoms with Crippen LogP contribution in [0.4, 0.5) is 13.2 Å². The van der Waals surface area contributed by atoms with Gasteiger partial charge in [0.1, 0.15) is 5.75 Å². The minimum absolute atomic E-state index is 0.00186. The molecule has 1 aromatic carbocycles. The van der Waals surface area contributed by atoms with Crippen molar-refractivity contribution in [1.29, 1.82) is 0 Å². The molecule has 3 rings (SSSR count). The summed E-state index contributed by atoms with van der Waals surface area (Å²) in [6, 6.07) is 4.52. The van der Waals surface area contributed by atoms with Gasteiger partial charge in [0, 0.05) is 18.5 Å². The van der Waals surface area contributed by atoms with Crippen LogP contribution in [0.2, 0.25) is 0 Å². The van der Waals surface area contributed by atoms with E-state index in [4.69, 9.17) is 0 Å². The largest absolute Gasteiger partial charge is 0.507 e. The fraction of sp³-hybridized carbons (Fsp3) is 0.467. The van der Waals surface area contributed by atoms with E-state index in [1.54, 1.807) is 6.07 Å². The second kappa shape index (κ2) is 4.47. The first-order valence-corrected chi connectivity index (χ1v) is 6.86. The number of amides is 1. The molecule has 0 aromatic heterocycles. The summed E-state index contributed by atoms with van der Waals surface area (Å²) in [6.07, 6.45) is -4.17. The zero-order valence-corrected chi connectivity index (χ0v) is 11.8. The van der Waals surface area contributed by atoms with Crippen molar-refractivity contribution in [2.45, 2.75) is 24.9 Å². The summed E-state index contributed by atoms with van der Waals surface area (Å²) in [5.41, 5.74) is 0.342. The van der Waals surface area contributed by atoms with Crippen LogP contribution >= 0.6 is 0 Å². The van der Waals surface area contributed by atoms with Crippen molar-refractivity contribution in [2.24, 2.45) is 5.92 Å². The Balaban J connectivity index is 1.87. The van der Waals surface area contributed by atoms with E-state index in [0.29, 0.717) is 12.0 Å². The van der Waals surface area contributed by atoms with Gasteiger partial charge in [-0.3, -0.25) is 9.59 Å². The lowest BCUT2D eigenvalue weighted by Gasteiger charge is -2.22. The molecule has 0 bridgehead atoms. The molecule has 0 unspecified atom stereocenters. The van der Waals surface area contributed by atoms with Crippen LogP contribution in [-0.2, 0) is 10.2 Å². The van der Waals surface area contributed by atoms with Crippen molar-refractivity contribution in [3.05, 3.63) is 29.3 Å². The zero-order chi connectivity index (χ0) is 16.3. The van der Waals surface area contributed by atoms with Crippen LogP contribution in [0.25, 0.3) is 0 Å². The molecule has 1 N–H and O–H groups in total. The van der Waals surface area contributed by atoms with Crippen molar-refractivity contribution < 1.29 is 27.9 Å². The molecule has 1 aliphatic heterocycles. The molecule has 1 amide bonds. The van der Waals surface area contributed by atoms with Gasteiger partial charge in [0.2, 0.25) is 0 Å². The first-order chi connectivity index (χ1) is 10.1. The van der Waals surface area contributed by atoms with Crippen LogP contribution in [-0.4, -0.2) is 41.0 Å². The molecule has 0 radical (unpaired) electrons. The topological polar surface area (TPSA) is 57.6 Å². The summed E-state index contributed by atoms with van der Waals surface area (Å²) in [7, 11) is 0. The SMILES string of the molecule is CC(=O)c1cc([C@@]23C[C@@H]2CN(C(=O)C(F)(F)F)C3)ccc1O. The quantitative estimate of drug-likeness (QED) is 0.852. The fourth-order valence-corrected chi connectivity index (χ4v) is 3.39. The monoisotopic (exact) mass is 313 g/mol. The molecule has 1 aliphatic carbocycles. The van der Waals surface area contributed by atoms with Gasteiger partial charge in [0.05, 0.1) is 5.56 Å². The van der Waals surface area contributed by atoms with Gasteiger partial charge in [-0.25, -0.2) is 0 Å². The van der Waals surface area contributed by atoms with Gasteiger partial charge in [-0.2, -0.15) is 13.2 Å². The molecule has 0 spiro atoms. The number of carbonyl (C=O) groups excluding carboxylic acids is 2. The van der Waals surface area contributed by atoms with Gasteiger partial charge in [0.25, 0.3) is 0 Å². The Morgan fingerprint density at radius 1 is 1.36 bits per heavy atom. The Labute approximate surface area is 124 Å². The summed E-state index contributed by atoms with van der Waals surface area (Å²) in [5.74, 6) is -2.30. The number of benzene rings is 1. The Kier molecular flexibility index (Phi) is 3.02. The van der Waals surface area contributed by atoms with E-state index < -0.39 is 17.5 Å². The Hall–Kier alpha value is -2.05. The number of halogens is 3. The van der Waals surface area contributed by atoms with E-state index in [1.807, 2.05) is 0 Å². The van der Waals surface area contributed by atoms with Gasteiger partial charge in [-0.15, -0.1) is 0 Å². The second-order valence-electron chi connectivity index (χ2n) is 6.03. The summed E-state index contributed by atoms with van der Waals surface area (Å²) in [6.45, 7) is 1.39. The molecule has 1 saturated heterocycles. The van der Waals surface area contributed by atoms with E-state index in [2.05, 4.69) is 0 Å². The maximum absolute atomic E-state index is 12.5. The summed E-state index contributed by atoms with van der Waals surface area (Å²) < 4.78 is 37.6. The molecule has 22 heavy (non-hydrogen) atoms. The van der Waals surface area contributed by atoms with Gasteiger partial charge in [-0.1, -0.05) is 6.07 Å². The second-order valence-corrected chi connectivity index (χ2v) is 6.03. The number of rotatable bonds is 2. The zero-order valence-electron chi connectivity index (χ0n) is 11.8. The standard InChI is InChI=1S/C15H14F3NO3/c1-8(20)11-4-9(2-3-12(11)21)14-5-10(14)6-19(7-14)13(22)15(16,17)18/h2-4,10,21H,5-7H2,1H3/t10-,14+/m1/s1. The summed E-state index contributed by atoms with van der Waals surface area (Å²) >= 11 is 0. The Bertz CT molecular complexity index is 670. The molecule has 1 heterocycles. The van der Waals surface area contributed by atoms with Crippen LogP contribution in [0, 0.1) is 5.92 Å². The molecule has 4 nitrogen and oxygen atoms in total. The predicted octanol–water partition coefficient (Wildman–Crippen LogP) is 2.26. The predicted molar refractivity (Wildman–Crippen MR) is 70.5 cm³/mol. The molecule has 118 valence electrons. The highest BCUT2D eigenvalue weighted by molar-refractivity contribution is 5.97. The highest BCUT2D eigenvalue weighted by Gasteiger charge is 2.63. The fourth-order valence-electron chi connectivity index (χ4n) is 3.39. The van der Waals surface area contributed by atoms with Gasteiger partial charge < -0.3 is 10.0 Å². The average Bonchev–Trinajstić information content (AvgIpc) is 2.99. The van der Waals surface area contributed by atoms with Crippen molar-refractivity contribution in [1.82, 2.24) is 4.90 Å². The van der Waals surface area contributed by atoms with Crippen molar-refractivity contribution in [2.75, 3.05) is 13.1 Å². The number of aromatic hydroxyl groups is 1. The van der Waals surface area contributed by atoms with Crippen molar-refractivity contribution in [3.63, 3.8) is 0 Å². The van der Waals surface area contributed by atoms with Crippen LogP contribution in [0.3, 0.4) is 0 Å². The first-order valence-electron chi connectivity index (χ1n) is 6.86. The molecule has 2 aliphatic rings. The van der Waals surface area contributed by atoms with Crippen molar-refractivity contribution >= 4 is 11.7 Å². The molecule has 1 saturated carbocycles. The van der Waals surface area contributed by atoms with Gasteiger partial charge in [0.15, 0.2) is 5.78 Å². The van der Waals surface area contributed by atoms with E-state index >= 15 is 0 Å². The van der Waals surface area contributed by atoms with E-state index in [9.17, 15) is 27.9 Å². The molecular weight excluding hydrogens is 299 g/mol. The van der Waals surface area contributed by atoms with E-state index in [1.165, 1.54) is 19.1 Å². The van der Waals surface area contributed by atoms with Crippen LogP contribution in [0.15, 0.2) is 18.2 Å². The number of phenols is 1. The molecular formula is C15H14F3NO3. The number of hydrogen-bond acceptors (Lipinski definition) is 3. The lowest BCUT2D eigenvalue weighted by Crippen LogP contribution is -2.41. The Morgan fingerprint density at radius 3 is 2.64 bits per heavy atom. The third-order valence-corrected chi connectivity index (χ3v) is 4.63. The van der Waals surface area contributed by atoms with E-state index in [0.717, 1.165) is 4.90 Å². The number of likely N-dealkylation sites (tertiary alicyclic amines) is 1. The summed E-state index contributed by atoms with van der Waals surface area (Å²) in [4.78, 5) is 23.7. The third-order valence-electron chi connectivity index (χ3n) is 4.63. The highest BCUT2D eigenvalue weighted by atomic mass is 19.4. The van der Waals surface area contributed by atoms with E-state index in [-0.39, 0.29) is 36.1 Å². The third kappa shape index (κ3) is 2.15. The number of piperidine rings is 1. The first kappa shape index (κ1) is 14.9. The highest BCUT2D eigenvalue weighted by Crippen LogP contribution is 2.59. The lowest BCUT2D eigenvalue weighted by atomic mass is 9.92. The van der Waals surface area contributed by atoms with Crippen LogP contribution < -0.4 is 0 Å². The Morgan fingerprint density at radius 2 is 2.05 bits per heavy atom.